The summed E-state index contributed by atoms with van der Waals surface area (Å²) in [6, 6.07) is 9.63. The van der Waals surface area contributed by atoms with E-state index in [9.17, 15) is 4.39 Å². The third kappa shape index (κ3) is 3.07. The molecule has 2 aromatic rings. The first-order valence-electron chi connectivity index (χ1n) is 5.70. The number of nitrogens with two attached hydrogens (primary N) is 1. The fourth-order valence-electron chi connectivity index (χ4n) is 1.92. The van der Waals surface area contributed by atoms with Crippen LogP contribution in [0.2, 0.25) is 10.0 Å². The molecule has 100 valence electrons. The van der Waals surface area contributed by atoms with Crippen molar-refractivity contribution >= 4 is 23.2 Å². The van der Waals surface area contributed by atoms with Crippen LogP contribution in [0.5, 0.6) is 0 Å². The quantitative estimate of drug-likeness (QED) is 0.664. The van der Waals surface area contributed by atoms with Crippen LogP contribution >= 0.6 is 23.2 Å². The van der Waals surface area contributed by atoms with Crippen molar-refractivity contribution in [2.24, 2.45) is 5.84 Å². The molecular formula is C14H13Cl2FN2. The first-order valence-corrected chi connectivity index (χ1v) is 6.45. The van der Waals surface area contributed by atoms with Crippen LogP contribution in [0.4, 0.5) is 4.39 Å². The van der Waals surface area contributed by atoms with Crippen molar-refractivity contribution in [3.8, 4) is 0 Å². The Kier molecular flexibility index (Phi) is 4.42. The lowest BCUT2D eigenvalue weighted by Gasteiger charge is -2.18. The first-order chi connectivity index (χ1) is 9.02. The lowest BCUT2D eigenvalue weighted by atomic mass is 9.98. The molecule has 2 nitrogen and oxygen atoms in total. The molecule has 0 aromatic heterocycles. The van der Waals surface area contributed by atoms with E-state index in [4.69, 9.17) is 29.0 Å². The third-order valence-electron chi connectivity index (χ3n) is 2.91. The van der Waals surface area contributed by atoms with E-state index >= 15 is 0 Å². The molecule has 0 amide bonds. The van der Waals surface area contributed by atoms with Crippen molar-refractivity contribution in [1.29, 1.82) is 0 Å². The Bertz CT molecular complexity index is 602. The number of nitrogens with one attached hydrogen (secondary N) is 1. The summed E-state index contributed by atoms with van der Waals surface area (Å²) in [4.78, 5) is 0. The zero-order valence-electron chi connectivity index (χ0n) is 10.3. The van der Waals surface area contributed by atoms with Crippen LogP contribution in [0.15, 0.2) is 36.4 Å². The van der Waals surface area contributed by atoms with Crippen LogP contribution in [0.3, 0.4) is 0 Å². The second-order valence-electron chi connectivity index (χ2n) is 4.30. The summed E-state index contributed by atoms with van der Waals surface area (Å²) in [5.41, 5.74) is 4.67. The average Bonchev–Trinajstić information content (AvgIpc) is 2.37. The van der Waals surface area contributed by atoms with Gasteiger partial charge < -0.3 is 0 Å². The van der Waals surface area contributed by atoms with E-state index in [1.54, 1.807) is 24.3 Å². The second-order valence-corrected chi connectivity index (χ2v) is 5.11. The zero-order valence-corrected chi connectivity index (χ0v) is 11.8. The van der Waals surface area contributed by atoms with Gasteiger partial charge in [-0.25, -0.2) is 9.82 Å². The Balaban J connectivity index is 2.46. The zero-order chi connectivity index (χ0) is 14.0. The Morgan fingerprint density at radius 2 is 1.84 bits per heavy atom. The number of halogens is 3. The van der Waals surface area contributed by atoms with Crippen molar-refractivity contribution in [1.82, 2.24) is 5.43 Å². The number of hydrogen-bond donors (Lipinski definition) is 2. The molecule has 19 heavy (non-hydrogen) atoms. The highest BCUT2D eigenvalue weighted by Gasteiger charge is 2.17. The van der Waals surface area contributed by atoms with Crippen molar-refractivity contribution in [3.63, 3.8) is 0 Å². The normalized spacial score (nSPS) is 12.5. The van der Waals surface area contributed by atoms with Crippen LogP contribution in [0.25, 0.3) is 0 Å². The van der Waals surface area contributed by atoms with E-state index in [0.717, 1.165) is 11.1 Å². The summed E-state index contributed by atoms with van der Waals surface area (Å²) in [6.07, 6.45) is 0. The molecule has 0 radical (unpaired) electrons. The molecule has 1 unspecified atom stereocenters. The topological polar surface area (TPSA) is 38.0 Å². The Labute approximate surface area is 121 Å². The number of aryl methyl sites for hydroxylation is 1. The van der Waals surface area contributed by atoms with Gasteiger partial charge in [-0.05, 0) is 36.2 Å². The lowest BCUT2D eigenvalue weighted by Crippen LogP contribution is -2.29. The smallest absolute Gasteiger partial charge is 0.128 e. The van der Waals surface area contributed by atoms with E-state index in [0.29, 0.717) is 15.6 Å². The predicted octanol–water partition coefficient (Wildman–Crippen LogP) is 3.99. The van der Waals surface area contributed by atoms with Gasteiger partial charge in [0.2, 0.25) is 0 Å². The van der Waals surface area contributed by atoms with E-state index in [1.165, 1.54) is 6.07 Å². The van der Waals surface area contributed by atoms with E-state index in [1.807, 2.05) is 13.0 Å². The monoisotopic (exact) mass is 298 g/mol. The molecule has 0 saturated heterocycles. The number of rotatable bonds is 3. The van der Waals surface area contributed by atoms with Crippen molar-refractivity contribution in [3.05, 3.63) is 69.0 Å². The van der Waals surface area contributed by atoms with Crippen LogP contribution in [-0.4, -0.2) is 0 Å². The van der Waals surface area contributed by atoms with Gasteiger partial charge in [0.25, 0.3) is 0 Å². The van der Waals surface area contributed by atoms with E-state index < -0.39 is 6.04 Å². The van der Waals surface area contributed by atoms with E-state index in [2.05, 4.69) is 5.43 Å². The van der Waals surface area contributed by atoms with Crippen LogP contribution in [0, 0.1) is 12.7 Å². The fourth-order valence-corrected chi connectivity index (χ4v) is 2.23. The SMILES string of the molecule is Cc1ccc(C(NN)c2ccc(Cl)c(Cl)c2)c(F)c1. The summed E-state index contributed by atoms with van der Waals surface area (Å²) in [6.45, 7) is 1.83. The Morgan fingerprint density at radius 3 is 2.42 bits per heavy atom. The third-order valence-corrected chi connectivity index (χ3v) is 3.65. The highest BCUT2D eigenvalue weighted by molar-refractivity contribution is 6.42. The van der Waals surface area contributed by atoms with Gasteiger partial charge in [0.15, 0.2) is 0 Å². The molecular weight excluding hydrogens is 286 g/mol. The van der Waals surface area contributed by atoms with Gasteiger partial charge in [0, 0.05) is 5.56 Å². The minimum absolute atomic E-state index is 0.311. The molecule has 0 saturated carbocycles. The number of hydrazine groups is 1. The van der Waals surface area contributed by atoms with Crippen molar-refractivity contribution in [2.75, 3.05) is 0 Å². The average molecular weight is 299 g/mol. The summed E-state index contributed by atoms with van der Waals surface area (Å²) < 4.78 is 14.0. The largest absolute Gasteiger partial charge is 0.271 e. The Hall–Kier alpha value is -1.13. The maximum atomic E-state index is 14.0. The van der Waals surface area contributed by atoms with Crippen LogP contribution in [-0.2, 0) is 0 Å². The molecule has 2 rings (SSSR count). The molecule has 0 bridgehead atoms. The Morgan fingerprint density at radius 1 is 1.11 bits per heavy atom. The van der Waals surface area contributed by atoms with Crippen LogP contribution < -0.4 is 11.3 Å². The van der Waals surface area contributed by atoms with E-state index in [-0.39, 0.29) is 5.82 Å². The predicted molar refractivity (Wildman–Crippen MR) is 76.8 cm³/mol. The van der Waals surface area contributed by atoms with Crippen molar-refractivity contribution in [2.45, 2.75) is 13.0 Å². The van der Waals surface area contributed by atoms with Crippen molar-refractivity contribution < 1.29 is 4.39 Å². The molecule has 3 N–H and O–H groups in total. The molecule has 0 fully saturated rings. The van der Waals surface area contributed by atoms with Gasteiger partial charge in [-0.2, -0.15) is 0 Å². The minimum Gasteiger partial charge on any atom is -0.271 e. The van der Waals surface area contributed by atoms with Gasteiger partial charge in [-0.15, -0.1) is 0 Å². The molecule has 1 atom stereocenters. The summed E-state index contributed by atoms with van der Waals surface area (Å²) in [7, 11) is 0. The van der Waals surface area contributed by atoms with Gasteiger partial charge in [-0.1, -0.05) is 41.4 Å². The summed E-state index contributed by atoms with van der Waals surface area (Å²) in [5, 5.41) is 0.859. The van der Waals surface area contributed by atoms with Gasteiger partial charge in [-0.3, -0.25) is 5.84 Å². The van der Waals surface area contributed by atoms with Crippen LogP contribution in [0.1, 0.15) is 22.7 Å². The minimum atomic E-state index is -0.477. The maximum absolute atomic E-state index is 14.0. The van der Waals surface area contributed by atoms with Gasteiger partial charge in [0.1, 0.15) is 5.82 Å². The lowest BCUT2D eigenvalue weighted by molar-refractivity contribution is 0.559. The molecule has 0 spiro atoms. The highest BCUT2D eigenvalue weighted by atomic mass is 35.5. The first kappa shape index (κ1) is 14.3. The second kappa shape index (κ2) is 5.88. The maximum Gasteiger partial charge on any atom is 0.128 e. The van der Waals surface area contributed by atoms with Gasteiger partial charge in [0.05, 0.1) is 16.1 Å². The molecule has 0 aliphatic rings. The summed E-state index contributed by atoms with van der Waals surface area (Å²) in [5.74, 6) is 5.23. The standard InChI is InChI=1S/C14H13Cl2FN2/c1-8-2-4-10(13(17)6-8)14(19-18)9-3-5-11(15)12(16)7-9/h2-7,14,19H,18H2,1H3. The molecule has 2 aromatic carbocycles. The summed E-state index contributed by atoms with van der Waals surface area (Å²) >= 11 is 11.8. The number of benzene rings is 2. The molecule has 0 aliphatic heterocycles. The molecule has 5 heteroatoms. The molecule has 0 heterocycles. The number of hydrogen-bond acceptors (Lipinski definition) is 2. The highest BCUT2D eigenvalue weighted by Crippen LogP contribution is 2.29. The fraction of sp³-hybridized carbons (Fsp3) is 0.143. The van der Waals surface area contributed by atoms with Gasteiger partial charge >= 0.3 is 0 Å². The molecule has 0 aliphatic carbocycles.